The molecule has 0 aromatic carbocycles. The molecule has 0 bridgehead atoms. The minimum Gasteiger partial charge on any atom is -0.496 e. The van der Waals surface area contributed by atoms with Gasteiger partial charge < -0.3 is 19.4 Å². The van der Waals surface area contributed by atoms with Crippen LogP contribution >= 0.6 is 0 Å². The summed E-state index contributed by atoms with van der Waals surface area (Å²) in [6, 6.07) is 3.85. The number of nitrogens with zero attached hydrogens (tertiary/aromatic N) is 2. The summed E-state index contributed by atoms with van der Waals surface area (Å²) in [4.78, 5) is 19.1. The first-order valence-corrected chi connectivity index (χ1v) is 8.61. The van der Waals surface area contributed by atoms with Crippen molar-refractivity contribution >= 4 is 6.03 Å². The Labute approximate surface area is 148 Å². The van der Waals surface area contributed by atoms with E-state index in [1.165, 1.54) is 0 Å². The summed E-state index contributed by atoms with van der Waals surface area (Å²) in [5, 5.41) is 3.00. The van der Waals surface area contributed by atoms with Gasteiger partial charge in [-0.1, -0.05) is 0 Å². The van der Waals surface area contributed by atoms with Crippen LogP contribution in [-0.2, 0) is 6.54 Å². The third-order valence-corrected chi connectivity index (χ3v) is 4.70. The van der Waals surface area contributed by atoms with Crippen molar-refractivity contribution in [2.75, 3.05) is 7.11 Å². The molecule has 2 aromatic rings. The molecule has 25 heavy (non-hydrogen) atoms. The van der Waals surface area contributed by atoms with Crippen molar-refractivity contribution in [1.82, 2.24) is 15.2 Å². The third kappa shape index (κ3) is 3.62. The number of hydrogen-bond acceptors (Lipinski definition) is 4. The lowest BCUT2D eigenvalue weighted by Gasteiger charge is -2.28. The first-order chi connectivity index (χ1) is 12.0. The van der Waals surface area contributed by atoms with E-state index >= 15 is 0 Å². The van der Waals surface area contributed by atoms with E-state index in [0.717, 1.165) is 41.2 Å². The Morgan fingerprint density at radius 1 is 1.48 bits per heavy atom. The molecule has 0 aliphatic heterocycles. The van der Waals surface area contributed by atoms with Gasteiger partial charge in [-0.25, -0.2) is 4.79 Å². The maximum Gasteiger partial charge on any atom is 0.318 e. The quantitative estimate of drug-likeness (QED) is 0.868. The third-order valence-electron chi connectivity index (χ3n) is 4.70. The largest absolute Gasteiger partial charge is 0.496 e. The fourth-order valence-corrected chi connectivity index (χ4v) is 3.18. The Kier molecular flexibility index (Phi) is 4.97. The highest BCUT2D eigenvalue weighted by Gasteiger charge is 2.37. The van der Waals surface area contributed by atoms with Crippen molar-refractivity contribution in [2.45, 2.75) is 52.2 Å². The van der Waals surface area contributed by atoms with Gasteiger partial charge in [0.2, 0.25) is 0 Å². The zero-order valence-corrected chi connectivity index (χ0v) is 15.2. The molecule has 1 atom stereocenters. The van der Waals surface area contributed by atoms with Crippen LogP contribution in [-0.4, -0.2) is 29.1 Å². The predicted octanol–water partition coefficient (Wildman–Crippen LogP) is 3.74. The van der Waals surface area contributed by atoms with Crippen LogP contribution in [0.1, 0.15) is 48.4 Å². The van der Waals surface area contributed by atoms with Gasteiger partial charge in [-0.05, 0) is 45.7 Å². The topological polar surface area (TPSA) is 67.6 Å². The molecule has 2 aromatic heterocycles. The average Bonchev–Trinajstić information content (AvgIpc) is 3.26. The molecule has 1 aliphatic carbocycles. The second kappa shape index (κ2) is 7.17. The number of furan rings is 1. The lowest BCUT2D eigenvalue weighted by atomic mass is 10.1. The van der Waals surface area contributed by atoms with Gasteiger partial charge in [0.1, 0.15) is 11.5 Å². The standard InChI is InChI=1S/C19H25N3O3/c1-12-10-20-16(13(2)18(12)24-4)11-21-19(23)22(15-7-8-15)14(3)17-6-5-9-25-17/h5-6,9-10,14-15H,7-8,11H2,1-4H3,(H,21,23). The second-order valence-corrected chi connectivity index (χ2v) is 6.53. The van der Waals surface area contributed by atoms with E-state index in [4.69, 9.17) is 9.15 Å². The van der Waals surface area contributed by atoms with Crippen LogP contribution in [0.25, 0.3) is 0 Å². The summed E-state index contributed by atoms with van der Waals surface area (Å²) in [5.41, 5.74) is 2.76. The number of amides is 2. The lowest BCUT2D eigenvalue weighted by molar-refractivity contribution is 0.166. The Bertz CT molecular complexity index is 739. The summed E-state index contributed by atoms with van der Waals surface area (Å²) in [7, 11) is 1.65. The number of methoxy groups -OCH3 is 1. The molecule has 134 valence electrons. The normalized spacial score (nSPS) is 14.9. The fourth-order valence-electron chi connectivity index (χ4n) is 3.18. The monoisotopic (exact) mass is 343 g/mol. The number of hydrogen-bond donors (Lipinski definition) is 1. The molecule has 2 heterocycles. The molecule has 1 saturated carbocycles. The van der Waals surface area contributed by atoms with Crippen molar-refractivity contribution < 1.29 is 13.9 Å². The number of aryl methyl sites for hydroxylation is 1. The molecule has 2 amide bonds. The van der Waals surface area contributed by atoms with E-state index in [1.54, 1.807) is 19.6 Å². The highest BCUT2D eigenvalue weighted by molar-refractivity contribution is 5.75. The molecule has 6 heteroatoms. The van der Waals surface area contributed by atoms with E-state index in [1.807, 2.05) is 37.8 Å². The van der Waals surface area contributed by atoms with Crippen molar-refractivity contribution in [2.24, 2.45) is 0 Å². The maximum absolute atomic E-state index is 12.8. The van der Waals surface area contributed by atoms with Gasteiger partial charge in [0.15, 0.2) is 0 Å². The van der Waals surface area contributed by atoms with Gasteiger partial charge in [0, 0.05) is 23.4 Å². The predicted molar refractivity (Wildman–Crippen MR) is 94.5 cm³/mol. The van der Waals surface area contributed by atoms with E-state index in [0.29, 0.717) is 6.54 Å². The van der Waals surface area contributed by atoms with Crippen LogP contribution < -0.4 is 10.1 Å². The van der Waals surface area contributed by atoms with E-state index in [9.17, 15) is 4.79 Å². The highest BCUT2D eigenvalue weighted by atomic mass is 16.5. The van der Waals surface area contributed by atoms with Crippen molar-refractivity contribution in [1.29, 1.82) is 0 Å². The van der Waals surface area contributed by atoms with Crippen molar-refractivity contribution in [3.8, 4) is 5.75 Å². The smallest absolute Gasteiger partial charge is 0.318 e. The summed E-state index contributed by atoms with van der Waals surface area (Å²) >= 11 is 0. The number of ether oxygens (including phenoxy) is 1. The van der Waals surface area contributed by atoms with Crippen molar-refractivity contribution in [3.05, 3.63) is 47.2 Å². The summed E-state index contributed by atoms with van der Waals surface area (Å²) in [6.07, 6.45) is 5.49. The zero-order valence-electron chi connectivity index (χ0n) is 15.2. The van der Waals surface area contributed by atoms with Crippen LogP contribution in [0, 0.1) is 13.8 Å². The van der Waals surface area contributed by atoms with Crippen LogP contribution in [0.4, 0.5) is 4.79 Å². The van der Waals surface area contributed by atoms with E-state index < -0.39 is 0 Å². The van der Waals surface area contributed by atoms with Gasteiger partial charge in [0.25, 0.3) is 0 Å². The lowest BCUT2D eigenvalue weighted by Crippen LogP contribution is -2.42. The van der Waals surface area contributed by atoms with Crippen LogP contribution in [0.3, 0.4) is 0 Å². The Balaban J connectivity index is 1.71. The van der Waals surface area contributed by atoms with Crippen LogP contribution in [0.2, 0.25) is 0 Å². The number of carbonyl (C=O) groups excluding carboxylic acids is 1. The number of carbonyl (C=O) groups is 1. The second-order valence-electron chi connectivity index (χ2n) is 6.53. The number of urea groups is 1. The molecule has 1 aliphatic rings. The molecule has 6 nitrogen and oxygen atoms in total. The minimum atomic E-state index is -0.0934. The SMILES string of the molecule is COc1c(C)cnc(CNC(=O)N(C2CC2)C(C)c2ccco2)c1C. The summed E-state index contributed by atoms with van der Waals surface area (Å²) < 4.78 is 10.9. The Morgan fingerprint density at radius 2 is 2.24 bits per heavy atom. The first kappa shape index (κ1) is 17.3. The molecule has 0 saturated heterocycles. The number of aromatic nitrogens is 1. The van der Waals surface area contributed by atoms with Gasteiger partial charge in [-0.15, -0.1) is 0 Å². The van der Waals surface area contributed by atoms with Gasteiger partial charge >= 0.3 is 6.03 Å². The molecule has 0 spiro atoms. The molecular formula is C19H25N3O3. The molecule has 1 unspecified atom stereocenters. The van der Waals surface area contributed by atoms with Crippen molar-refractivity contribution in [3.63, 3.8) is 0 Å². The van der Waals surface area contributed by atoms with E-state index in [-0.39, 0.29) is 18.1 Å². The molecule has 1 N–H and O–H groups in total. The molecule has 0 radical (unpaired) electrons. The van der Waals surface area contributed by atoms with Gasteiger partial charge in [-0.2, -0.15) is 0 Å². The van der Waals surface area contributed by atoms with Crippen LogP contribution in [0.15, 0.2) is 29.0 Å². The molecule has 3 rings (SSSR count). The number of nitrogens with one attached hydrogen (secondary N) is 1. The fraction of sp³-hybridized carbons (Fsp3) is 0.474. The maximum atomic E-state index is 12.8. The Morgan fingerprint density at radius 3 is 2.84 bits per heavy atom. The average molecular weight is 343 g/mol. The highest BCUT2D eigenvalue weighted by Crippen LogP contribution is 2.34. The minimum absolute atomic E-state index is 0.0906. The zero-order chi connectivity index (χ0) is 18.0. The molecular weight excluding hydrogens is 318 g/mol. The van der Waals surface area contributed by atoms with Gasteiger partial charge in [0.05, 0.1) is 31.7 Å². The number of rotatable bonds is 6. The van der Waals surface area contributed by atoms with Crippen LogP contribution in [0.5, 0.6) is 5.75 Å². The summed E-state index contributed by atoms with van der Waals surface area (Å²) in [6.45, 7) is 6.29. The summed E-state index contributed by atoms with van der Waals surface area (Å²) in [5.74, 6) is 1.62. The van der Waals surface area contributed by atoms with E-state index in [2.05, 4.69) is 10.3 Å². The first-order valence-electron chi connectivity index (χ1n) is 8.61. The number of pyridine rings is 1. The molecule has 1 fully saturated rings. The van der Waals surface area contributed by atoms with Gasteiger partial charge in [-0.3, -0.25) is 4.98 Å². The Hall–Kier alpha value is -2.50.